The van der Waals surface area contributed by atoms with Gasteiger partial charge in [0.2, 0.25) is 0 Å². The Morgan fingerprint density at radius 1 is 1.10 bits per heavy atom. The minimum absolute atomic E-state index is 0.151. The molecule has 7 heteroatoms. The Hall–Kier alpha value is -2.12. The Balaban J connectivity index is 2.70. The topological polar surface area (TPSA) is 113 Å². The summed E-state index contributed by atoms with van der Waals surface area (Å²) in [6, 6.07) is 3.73. The van der Waals surface area contributed by atoms with Crippen LogP contribution >= 0.6 is 0 Å². The van der Waals surface area contributed by atoms with Crippen molar-refractivity contribution < 1.29 is 34.4 Å². The molecule has 0 bridgehead atoms. The first-order valence-corrected chi connectivity index (χ1v) is 6.34. The van der Waals surface area contributed by atoms with E-state index in [4.69, 9.17) is 24.8 Å². The molecule has 0 saturated heterocycles. The van der Waals surface area contributed by atoms with E-state index in [0.717, 1.165) is 6.07 Å². The molecule has 0 amide bonds. The first-order valence-electron chi connectivity index (χ1n) is 6.34. The van der Waals surface area contributed by atoms with Gasteiger partial charge in [0.1, 0.15) is 12.4 Å². The predicted molar refractivity (Wildman–Crippen MR) is 73.0 cm³/mol. The summed E-state index contributed by atoms with van der Waals surface area (Å²) in [7, 11) is 0. The number of carboxylic acid groups (broad SMARTS) is 2. The lowest BCUT2D eigenvalue weighted by atomic mass is 10.1. The molecule has 0 aromatic heterocycles. The lowest BCUT2D eigenvalue weighted by molar-refractivity contribution is -0.0132. The van der Waals surface area contributed by atoms with Crippen LogP contribution in [0.4, 0.5) is 0 Å². The maximum absolute atomic E-state index is 11.0. The van der Waals surface area contributed by atoms with Crippen LogP contribution in [0.3, 0.4) is 0 Å². The molecule has 0 saturated carbocycles. The maximum Gasteiger partial charge on any atom is 0.336 e. The predicted octanol–water partition coefficient (Wildman–Crippen LogP) is 1.25. The van der Waals surface area contributed by atoms with Crippen molar-refractivity contribution >= 4 is 11.9 Å². The van der Waals surface area contributed by atoms with Crippen LogP contribution in [-0.2, 0) is 4.74 Å². The molecule has 21 heavy (non-hydrogen) atoms. The van der Waals surface area contributed by atoms with Gasteiger partial charge in [-0.15, -0.1) is 0 Å². The first-order chi connectivity index (χ1) is 9.81. The molecule has 1 rings (SSSR count). The summed E-state index contributed by atoms with van der Waals surface area (Å²) in [6.07, 6.45) is -0.882. The Morgan fingerprint density at radius 2 is 1.71 bits per heavy atom. The van der Waals surface area contributed by atoms with Gasteiger partial charge in [-0.3, -0.25) is 0 Å². The summed E-state index contributed by atoms with van der Waals surface area (Å²) < 4.78 is 10.6. The average molecular weight is 298 g/mol. The van der Waals surface area contributed by atoms with Crippen LogP contribution in [-0.4, -0.2) is 52.7 Å². The van der Waals surface area contributed by atoms with Gasteiger partial charge in [-0.05, 0) is 32.0 Å². The fourth-order valence-electron chi connectivity index (χ4n) is 1.54. The van der Waals surface area contributed by atoms with E-state index in [1.807, 2.05) is 0 Å². The normalized spacial score (nSPS) is 13.5. The largest absolute Gasteiger partial charge is 0.491 e. The highest BCUT2D eigenvalue weighted by atomic mass is 16.5. The number of aliphatic hydroxyl groups excluding tert-OH is 1. The monoisotopic (exact) mass is 298 g/mol. The van der Waals surface area contributed by atoms with Crippen LogP contribution in [0.25, 0.3) is 0 Å². The molecule has 7 nitrogen and oxygen atoms in total. The zero-order valence-corrected chi connectivity index (χ0v) is 11.8. The molecule has 0 fully saturated rings. The minimum atomic E-state index is -1.34. The summed E-state index contributed by atoms with van der Waals surface area (Å²) in [6.45, 7) is 3.66. The van der Waals surface area contributed by atoms with E-state index < -0.39 is 18.0 Å². The van der Waals surface area contributed by atoms with Crippen molar-refractivity contribution in [3.05, 3.63) is 29.3 Å². The fraction of sp³-hybridized carbons (Fsp3) is 0.429. The van der Waals surface area contributed by atoms with E-state index in [1.165, 1.54) is 12.1 Å². The number of hydrogen-bond donors (Lipinski definition) is 3. The Kier molecular flexibility index (Phi) is 6.13. The van der Waals surface area contributed by atoms with Gasteiger partial charge in [-0.25, -0.2) is 9.59 Å². The minimum Gasteiger partial charge on any atom is -0.491 e. The molecule has 0 aliphatic rings. The van der Waals surface area contributed by atoms with Gasteiger partial charge in [0.15, 0.2) is 0 Å². The molecular weight excluding hydrogens is 280 g/mol. The van der Waals surface area contributed by atoms with Crippen LogP contribution < -0.4 is 4.74 Å². The summed E-state index contributed by atoms with van der Waals surface area (Å²) >= 11 is 0. The van der Waals surface area contributed by atoms with Gasteiger partial charge < -0.3 is 24.8 Å². The zero-order valence-electron chi connectivity index (χ0n) is 11.8. The molecule has 0 heterocycles. The lowest BCUT2D eigenvalue weighted by Crippen LogP contribution is -2.22. The van der Waals surface area contributed by atoms with Gasteiger partial charge in [-0.1, -0.05) is 0 Å². The zero-order chi connectivity index (χ0) is 16.0. The Bertz CT molecular complexity index is 510. The van der Waals surface area contributed by atoms with E-state index in [0.29, 0.717) is 0 Å². The molecule has 0 radical (unpaired) electrons. The number of ether oxygens (including phenoxy) is 2. The van der Waals surface area contributed by atoms with Crippen molar-refractivity contribution in [2.24, 2.45) is 0 Å². The fourth-order valence-corrected chi connectivity index (χ4v) is 1.54. The van der Waals surface area contributed by atoms with Gasteiger partial charge in [0, 0.05) is 0 Å². The standard InChI is InChI=1S/C14H18O7/c1-8(15)6-20-9(2)7-21-10-3-4-11(13(16)17)12(5-10)14(18)19/h3-5,8-9,15H,6-7H2,1-2H3,(H,16,17)(H,18,19). The molecule has 116 valence electrons. The third-order valence-electron chi connectivity index (χ3n) is 2.56. The molecule has 2 atom stereocenters. The molecule has 0 aliphatic heterocycles. The SMILES string of the molecule is CC(O)COC(C)COc1ccc(C(=O)O)c(C(=O)O)c1. The van der Waals surface area contributed by atoms with E-state index in [-0.39, 0.29) is 36.2 Å². The number of hydrogen-bond acceptors (Lipinski definition) is 5. The van der Waals surface area contributed by atoms with Crippen LogP contribution in [0.2, 0.25) is 0 Å². The summed E-state index contributed by atoms with van der Waals surface area (Å²) in [4.78, 5) is 21.9. The van der Waals surface area contributed by atoms with Crippen LogP contribution in [0.5, 0.6) is 5.75 Å². The van der Waals surface area contributed by atoms with Gasteiger partial charge >= 0.3 is 11.9 Å². The van der Waals surface area contributed by atoms with Crippen molar-refractivity contribution in [3.63, 3.8) is 0 Å². The lowest BCUT2D eigenvalue weighted by Gasteiger charge is -2.15. The van der Waals surface area contributed by atoms with E-state index >= 15 is 0 Å². The molecule has 2 unspecified atom stereocenters. The van der Waals surface area contributed by atoms with E-state index in [2.05, 4.69) is 0 Å². The van der Waals surface area contributed by atoms with Gasteiger partial charge in [0.25, 0.3) is 0 Å². The van der Waals surface area contributed by atoms with Crippen molar-refractivity contribution in [1.82, 2.24) is 0 Å². The second-order valence-corrected chi connectivity index (χ2v) is 4.62. The average Bonchev–Trinajstić information content (AvgIpc) is 2.42. The summed E-state index contributed by atoms with van der Waals surface area (Å²) in [5.41, 5.74) is -0.634. The smallest absolute Gasteiger partial charge is 0.336 e. The number of aromatic carboxylic acids is 2. The van der Waals surface area contributed by atoms with Crippen molar-refractivity contribution in [3.8, 4) is 5.75 Å². The number of aliphatic hydroxyl groups is 1. The first kappa shape index (κ1) is 16.9. The van der Waals surface area contributed by atoms with Crippen molar-refractivity contribution in [2.45, 2.75) is 26.1 Å². The number of rotatable bonds is 8. The maximum atomic E-state index is 11.0. The van der Waals surface area contributed by atoms with Gasteiger partial charge in [0.05, 0.1) is 29.9 Å². The number of benzene rings is 1. The second kappa shape index (κ2) is 7.61. The molecule has 3 N–H and O–H groups in total. The highest BCUT2D eigenvalue weighted by Crippen LogP contribution is 2.18. The molecular formula is C14H18O7. The van der Waals surface area contributed by atoms with Crippen LogP contribution in [0.1, 0.15) is 34.6 Å². The molecule has 0 spiro atoms. The van der Waals surface area contributed by atoms with E-state index in [9.17, 15) is 9.59 Å². The third kappa shape index (κ3) is 5.41. The van der Waals surface area contributed by atoms with Crippen LogP contribution in [0, 0.1) is 0 Å². The highest BCUT2D eigenvalue weighted by molar-refractivity contribution is 6.01. The third-order valence-corrected chi connectivity index (χ3v) is 2.56. The summed E-state index contributed by atoms with van der Waals surface area (Å²) in [5, 5.41) is 27.0. The Morgan fingerprint density at radius 3 is 2.24 bits per heavy atom. The summed E-state index contributed by atoms with van der Waals surface area (Å²) in [5.74, 6) is -2.41. The molecule has 1 aromatic carbocycles. The molecule has 1 aromatic rings. The van der Waals surface area contributed by atoms with Crippen molar-refractivity contribution in [1.29, 1.82) is 0 Å². The highest BCUT2D eigenvalue weighted by Gasteiger charge is 2.17. The van der Waals surface area contributed by atoms with Gasteiger partial charge in [-0.2, -0.15) is 0 Å². The molecule has 0 aliphatic carbocycles. The number of carbonyl (C=O) groups is 2. The Labute approximate surface area is 121 Å². The van der Waals surface area contributed by atoms with E-state index in [1.54, 1.807) is 13.8 Å². The number of carboxylic acids is 2. The van der Waals surface area contributed by atoms with Crippen LogP contribution in [0.15, 0.2) is 18.2 Å². The second-order valence-electron chi connectivity index (χ2n) is 4.62. The van der Waals surface area contributed by atoms with Crippen molar-refractivity contribution in [2.75, 3.05) is 13.2 Å². The quantitative estimate of drug-likeness (QED) is 0.661.